The molecular formula is C20H26O2. The highest BCUT2D eigenvalue weighted by Gasteiger charge is 2.45. The summed E-state index contributed by atoms with van der Waals surface area (Å²) in [7, 11) is 0. The van der Waals surface area contributed by atoms with Gasteiger partial charge in [-0.25, -0.2) is 0 Å². The lowest BCUT2D eigenvalue weighted by atomic mass is 9.84. The van der Waals surface area contributed by atoms with E-state index < -0.39 is 0 Å². The van der Waals surface area contributed by atoms with Gasteiger partial charge in [-0.3, -0.25) is 4.79 Å². The molecule has 3 unspecified atom stereocenters. The van der Waals surface area contributed by atoms with E-state index in [1.807, 2.05) is 18.2 Å². The van der Waals surface area contributed by atoms with Gasteiger partial charge in [0.25, 0.3) is 0 Å². The van der Waals surface area contributed by atoms with E-state index in [2.05, 4.69) is 26.0 Å². The van der Waals surface area contributed by atoms with Crippen LogP contribution in [0.1, 0.15) is 51.0 Å². The number of ether oxygens (including phenoxy) is 1. The second-order valence-electron chi connectivity index (χ2n) is 6.63. The predicted molar refractivity (Wildman–Crippen MR) is 88.8 cm³/mol. The van der Waals surface area contributed by atoms with E-state index in [1.165, 1.54) is 24.0 Å². The minimum Gasteiger partial charge on any atom is -0.380 e. The van der Waals surface area contributed by atoms with Crippen LogP contribution in [-0.4, -0.2) is 19.0 Å². The van der Waals surface area contributed by atoms with Crippen molar-refractivity contribution in [2.75, 3.05) is 13.2 Å². The zero-order valence-corrected chi connectivity index (χ0v) is 13.7. The molecule has 1 aliphatic heterocycles. The Hall–Kier alpha value is -1.41. The van der Waals surface area contributed by atoms with Crippen LogP contribution in [0.4, 0.5) is 0 Å². The summed E-state index contributed by atoms with van der Waals surface area (Å²) < 4.78 is 5.83. The topological polar surface area (TPSA) is 26.3 Å². The second-order valence-corrected chi connectivity index (χ2v) is 6.63. The summed E-state index contributed by atoms with van der Waals surface area (Å²) in [6, 6.07) is 10.3. The molecule has 0 saturated heterocycles. The third-order valence-corrected chi connectivity index (χ3v) is 5.27. The van der Waals surface area contributed by atoms with E-state index in [1.54, 1.807) is 0 Å². The predicted octanol–water partition coefficient (Wildman–Crippen LogP) is 4.51. The number of unbranched alkanes of at least 4 members (excludes halogenated alkanes) is 1. The molecule has 1 aliphatic carbocycles. The Bertz CT molecular complexity index is 558. The molecule has 2 nitrogen and oxygen atoms in total. The van der Waals surface area contributed by atoms with E-state index in [4.69, 9.17) is 4.74 Å². The van der Waals surface area contributed by atoms with Crippen molar-refractivity contribution >= 4 is 5.78 Å². The largest absolute Gasteiger partial charge is 0.380 e. The summed E-state index contributed by atoms with van der Waals surface area (Å²) in [5.74, 6) is 0.711. The minimum absolute atomic E-state index is 0.0326. The highest BCUT2D eigenvalue weighted by Crippen LogP contribution is 2.48. The number of carbonyl (C=O) groups is 1. The average Bonchev–Trinajstić information content (AvgIpc) is 2.69. The van der Waals surface area contributed by atoms with Crippen molar-refractivity contribution in [3.05, 3.63) is 47.0 Å². The standard InChI is InChI=1S/C20H26O2/c1-3-4-8-16-11-12-22-13-17-14(2)20(21)19(18(16)17)15-9-6-5-7-10-15/h5-7,9-10,14,17,19H,3-4,8,11-13H2,1-2H3. The SMILES string of the molecule is CCCCC1=C2C(c3ccccc3)C(=O)C(C)C2COCC1. The molecule has 2 aliphatic rings. The van der Waals surface area contributed by atoms with Crippen molar-refractivity contribution in [2.24, 2.45) is 11.8 Å². The highest BCUT2D eigenvalue weighted by atomic mass is 16.5. The van der Waals surface area contributed by atoms with E-state index in [9.17, 15) is 4.79 Å². The highest BCUT2D eigenvalue weighted by molar-refractivity contribution is 5.95. The van der Waals surface area contributed by atoms with Crippen LogP contribution in [0.25, 0.3) is 0 Å². The zero-order chi connectivity index (χ0) is 15.5. The third kappa shape index (κ3) is 2.77. The van der Waals surface area contributed by atoms with Crippen LogP contribution in [-0.2, 0) is 9.53 Å². The molecule has 22 heavy (non-hydrogen) atoms. The fourth-order valence-corrected chi connectivity index (χ4v) is 4.00. The molecule has 0 spiro atoms. The summed E-state index contributed by atoms with van der Waals surface area (Å²) in [5.41, 5.74) is 4.05. The van der Waals surface area contributed by atoms with Gasteiger partial charge in [0.1, 0.15) is 5.78 Å². The molecule has 1 heterocycles. The number of hydrogen-bond acceptors (Lipinski definition) is 2. The quantitative estimate of drug-likeness (QED) is 0.764. The van der Waals surface area contributed by atoms with Crippen molar-refractivity contribution in [2.45, 2.75) is 45.4 Å². The Labute approximate surface area is 133 Å². The molecule has 118 valence electrons. The van der Waals surface area contributed by atoms with Crippen LogP contribution in [0.15, 0.2) is 41.5 Å². The lowest BCUT2D eigenvalue weighted by Gasteiger charge is -2.19. The molecular weight excluding hydrogens is 272 g/mol. The lowest BCUT2D eigenvalue weighted by Crippen LogP contribution is -2.16. The smallest absolute Gasteiger partial charge is 0.147 e. The summed E-state index contributed by atoms with van der Waals surface area (Å²) in [6.07, 6.45) is 4.52. The molecule has 3 atom stereocenters. The molecule has 0 bridgehead atoms. The Morgan fingerprint density at radius 1 is 1.23 bits per heavy atom. The van der Waals surface area contributed by atoms with Crippen LogP contribution in [0.3, 0.4) is 0 Å². The van der Waals surface area contributed by atoms with Gasteiger partial charge >= 0.3 is 0 Å². The van der Waals surface area contributed by atoms with Crippen LogP contribution >= 0.6 is 0 Å². The normalized spacial score (nSPS) is 28.6. The first-order valence-corrected chi connectivity index (χ1v) is 8.62. The van der Waals surface area contributed by atoms with E-state index in [-0.39, 0.29) is 17.8 Å². The van der Waals surface area contributed by atoms with Crippen molar-refractivity contribution in [3.8, 4) is 0 Å². The van der Waals surface area contributed by atoms with Gasteiger partial charge < -0.3 is 4.74 Å². The van der Waals surface area contributed by atoms with E-state index in [0.29, 0.717) is 12.4 Å². The van der Waals surface area contributed by atoms with Gasteiger partial charge in [0.05, 0.1) is 19.1 Å². The molecule has 0 aromatic heterocycles. The molecule has 0 radical (unpaired) electrons. The van der Waals surface area contributed by atoms with Gasteiger partial charge in [-0.2, -0.15) is 0 Å². The number of carbonyl (C=O) groups excluding carboxylic acids is 1. The first-order chi connectivity index (χ1) is 10.7. The monoisotopic (exact) mass is 298 g/mol. The van der Waals surface area contributed by atoms with Gasteiger partial charge in [-0.15, -0.1) is 0 Å². The molecule has 3 rings (SSSR count). The molecule has 1 fully saturated rings. The van der Waals surface area contributed by atoms with Crippen molar-refractivity contribution in [3.63, 3.8) is 0 Å². The Morgan fingerprint density at radius 2 is 2.00 bits per heavy atom. The Kier molecular flexibility index (Phi) is 4.77. The molecule has 0 amide bonds. The van der Waals surface area contributed by atoms with Crippen LogP contribution in [0.5, 0.6) is 0 Å². The number of rotatable bonds is 4. The Balaban J connectivity index is 2.06. The molecule has 0 N–H and O–H groups in total. The van der Waals surface area contributed by atoms with E-state index in [0.717, 1.165) is 25.0 Å². The van der Waals surface area contributed by atoms with Crippen molar-refractivity contribution in [1.82, 2.24) is 0 Å². The van der Waals surface area contributed by atoms with Crippen LogP contribution in [0, 0.1) is 11.8 Å². The van der Waals surface area contributed by atoms with E-state index >= 15 is 0 Å². The van der Waals surface area contributed by atoms with Gasteiger partial charge in [0, 0.05) is 11.8 Å². The molecule has 1 aromatic carbocycles. The third-order valence-electron chi connectivity index (χ3n) is 5.27. The maximum absolute atomic E-state index is 12.9. The van der Waals surface area contributed by atoms with Crippen molar-refractivity contribution < 1.29 is 9.53 Å². The molecule has 2 heteroatoms. The van der Waals surface area contributed by atoms with Gasteiger partial charge in [0.2, 0.25) is 0 Å². The van der Waals surface area contributed by atoms with Crippen molar-refractivity contribution in [1.29, 1.82) is 0 Å². The summed E-state index contributed by atoms with van der Waals surface area (Å²) >= 11 is 0. The number of benzene rings is 1. The van der Waals surface area contributed by atoms with Gasteiger partial charge in [-0.05, 0) is 30.4 Å². The van der Waals surface area contributed by atoms with Gasteiger partial charge in [-0.1, -0.05) is 56.2 Å². The molecule has 1 saturated carbocycles. The number of ketones is 1. The maximum Gasteiger partial charge on any atom is 0.147 e. The summed E-state index contributed by atoms with van der Waals surface area (Å²) in [4.78, 5) is 12.9. The first kappa shape index (κ1) is 15.5. The minimum atomic E-state index is -0.0326. The second kappa shape index (κ2) is 6.78. The van der Waals surface area contributed by atoms with Crippen LogP contribution < -0.4 is 0 Å². The van der Waals surface area contributed by atoms with Gasteiger partial charge in [0.15, 0.2) is 0 Å². The van der Waals surface area contributed by atoms with Crippen LogP contribution in [0.2, 0.25) is 0 Å². The Morgan fingerprint density at radius 3 is 2.73 bits per heavy atom. The average molecular weight is 298 g/mol. The zero-order valence-electron chi connectivity index (χ0n) is 13.7. The fourth-order valence-electron chi connectivity index (χ4n) is 4.00. The summed E-state index contributed by atoms with van der Waals surface area (Å²) in [6.45, 7) is 5.83. The first-order valence-electron chi connectivity index (χ1n) is 8.62. The molecule has 1 aromatic rings. The summed E-state index contributed by atoms with van der Waals surface area (Å²) in [5, 5.41) is 0. The maximum atomic E-state index is 12.9. The fraction of sp³-hybridized carbons (Fsp3) is 0.550. The number of fused-ring (bicyclic) bond motifs is 1. The number of hydrogen-bond donors (Lipinski definition) is 0. The lowest BCUT2D eigenvalue weighted by molar-refractivity contribution is -0.122. The number of Topliss-reactive ketones (excluding diaryl/α,β-unsaturated/α-hetero) is 1.